The van der Waals surface area contributed by atoms with Crippen LogP contribution in [-0.2, 0) is 9.47 Å². The second-order valence-electron chi connectivity index (χ2n) is 5.88. The lowest BCUT2D eigenvalue weighted by Crippen LogP contribution is -2.47. The summed E-state index contributed by atoms with van der Waals surface area (Å²) in [6.07, 6.45) is 1.86. The summed E-state index contributed by atoms with van der Waals surface area (Å²) in [7, 11) is 0. The largest absolute Gasteiger partial charge is 0.379 e. The number of hydrogen-bond acceptors (Lipinski definition) is 4. The van der Waals surface area contributed by atoms with Crippen molar-refractivity contribution in [2.75, 3.05) is 52.5 Å². The van der Waals surface area contributed by atoms with Crippen LogP contribution in [0.4, 0.5) is 0 Å². The standard InChI is InChI=1S/C15H32N2O2/c1-14(2)18-12-5-6-16-7-9-17(10-8-16)11-13-19-15(3)4/h14-15H,5-13H2,1-4H3. The van der Waals surface area contributed by atoms with Gasteiger partial charge in [-0.15, -0.1) is 0 Å². The highest BCUT2D eigenvalue weighted by atomic mass is 16.5. The summed E-state index contributed by atoms with van der Waals surface area (Å²) >= 11 is 0. The molecular weight excluding hydrogens is 240 g/mol. The van der Waals surface area contributed by atoms with E-state index in [0.717, 1.165) is 26.2 Å². The first-order valence-electron chi connectivity index (χ1n) is 7.76. The highest BCUT2D eigenvalue weighted by molar-refractivity contribution is 4.71. The van der Waals surface area contributed by atoms with Gasteiger partial charge in [-0.25, -0.2) is 0 Å². The summed E-state index contributed by atoms with van der Waals surface area (Å²) in [5, 5.41) is 0. The van der Waals surface area contributed by atoms with E-state index in [0.29, 0.717) is 12.2 Å². The van der Waals surface area contributed by atoms with Crippen LogP contribution in [0.1, 0.15) is 34.1 Å². The maximum absolute atomic E-state index is 5.60. The van der Waals surface area contributed by atoms with Crippen LogP contribution in [0.15, 0.2) is 0 Å². The molecule has 0 amide bonds. The zero-order chi connectivity index (χ0) is 14.1. The molecule has 4 nitrogen and oxygen atoms in total. The summed E-state index contributed by atoms with van der Waals surface area (Å²) in [5.74, 6) is 0. The highest BCUT2D eigenvalue weighted by Gasteiger charge is 2.16. The van der Waals surface area contributed by atoms with Crippen LogP contribution in [0.2, 0.25) is 0 Å². The number of nitrogens with zero attached hydrogens (tertiary/aromatic N) is 2. The van der Waals surface area contributed by atoms with Crippen LogP contribution in [0.25, 0.3) is 0 Å². The van der Waals surface area contributed by atoms with E-state index in [1.54, 1.807) is 0 Å². The van der Waals surface area contributed by atoms with E-state index < -0.39 is 0 Å². The maximum atomic E-state index is 5.60. The van der Waals surface area contributed by atoms with Crippen LogP contribution in [-0.4, -0.2) is 74.5 Å². The summed E-state index contributed by atoms with van der Waals surface area (Å²) in [6, 6.07) is 0. The van der Waals surface area contributed by atoms with Gasteiger partial charge >= 0.3 is 0 Å². The zero-order valence-corrected chi connectivity index (χ0v) is 13.2. The third-order valence-corrected chi connectivity index (χ3v) is 3.39. The molecule has 1 fully saturated rings. The minimum Gasteiger partial charge on any atom is -0.379 e. The molecule has 1 rings (SSSR count). The highest BCUT2D eigenvalue weighted by Crippen LogP contribution is 2.03. The Labute approximate surface area is 119 Å². The van der Waals surface area contributed by atoms with Crippen molar-refractivity contribution < 1.29 is 9.47 Å². The van der Waals surface area contributed by atoms with Crippen molar-refractivity contribution in [1.29, 1.82) is 0 Å². The first kappa shape index (κ1) is 16.9. The predicted octanol–water partition coefficient (Wildman–Crippen LogP) is 1.84. The van der Waals surface area contributed by atoms with Gasteiger partial charge in [0, 0.05) is 45.9 Å². The molecule has 0 unspecified atom stereocenters. The molecule has 0 aromatic carbocycles. The first-order valence-corrected chi connectivity index (χ1v) is 7.76. The Hall–Kier alpha value is -0.160. The van der Waals surface area contributed by atoms with E-state index in [2.05, 4.69) is 37.5 Å². The van der Waals surface area contributed by atoms with Crippen LogP contribution >= 0.6 is 0 Å². The van der Waals surface area contributed by atoms with Gasteiger partial charge in [0.25, 0.3) is 0 Å². The molecule has 1 aliphatic heterocycles. The fraction of sp³-hybridized carbons (Fsp3) is 1.00. The lowest BCUT2D eigenvalue weighted by molar-refractivity contribution is 0.0400. The summed E-state index contributed by atoms with van der Waals surface area (Å²) in [5.41, 5.74) is 0. The monoisotopic (exact) mass is 272 g/mol. The Bertz CT molecular complexity index is 214. The molecule has 0 radical (unpaired) electrons. The quantitative estimate of drug-likeness (QED) is 0.598. The molecule has 0 N–H and O–H groups in total. The SMILES string of the molecule is CC(C)OCCCN1CCN(CCOC(C)C)CC1. The predicted molar refractivity (Wildman–Crippen MR) is 79.7 cm³/mol. The zero-order valence-electron chi connectivity index (χ0n) is 13.2. The van der Waals surface area contributed by atoms with Crippen LogP contribution in [0, 0.1) is 0 Å². The molecule has 0 bridgehead atoms. The van der Waals surface area contributed by atoms with E-state index in [9.17, 15) is 0 Å². The van der Waals surface area contributed by atoms with Gasteiger partial charge in [-0.1, -0.05) is 0 Å². The molecule has 1 heterocycles. The van der Waals surface area contributed by atoms with Crippen molar-refractivity contribution in [3.05, 3.63) is 0 Å². The van der Waals surface area contributed by atoms with Crippen molar-refractivity contribution in [3.8, 4) is 0 Å². The van der Waals surface area contributed by atoms with E-state index in [1.165, 1.54) is 32.7 Å². The van der Waals surface area contributed by atoms with Gasteiger partial charge in [-0.05, 0) is 34.1 Å². The van der Waals surface area contributed by atoms with Gasteiger partial charge in [0.2, 0.25) is 0 Å². The fourth-order valence-electron chi connectivity index (χ4n) is 2.26. The van der Waals surface area contributed by atoms with Gasteiger partial charge in [-0.3, -0.25) is 4.90 Å². The number of ether oxygens (including phenoxy) is 2. The Morgan fingerprint density at radius 3 is 1.74 bits per heavy atom. The Kier molecular flexibility index (Phi) is 8.62. The van der Waals surface area contributed by atoms with Crippen LogP contribution < -0.4 is 0 Å². The lowest BCUT2D eigenvalue weighted by atomic mass is 10.3. The van der Waals surface area contributed by atoms with Crippen molar-refractivity contribution in [2.24, 2.45) is 0 Å². The molecular formula is C15H32N2O2. The Morgan fingerprint density at radius 2 is 1.21 bits per heavy atom. The molecule has 1 saturated heterocycles. The van der Waals surface area contributed by atoms with Crippen molar-refractivity contribution in [1.82, 2.24) is 9.80 Å². The van der Waals surface area contributed by atoms with E-state index in [1.807, 2.05) is 0 Å². The average molecular weight is 272 g/mol. The lowest BCUT2D eigenvalue weighted by Gasteiger charge is -2.34. The molecule has 0 aromatic heterocycles. The molecule has 0 aliphatic carbocycles. The number of rotatable bonds is 9. The summed E-state index contributed by atoms with van der Waals surface area (Å²) in [4.78, 5) is 5.05. The van der Waals surface area contributed by atoms with Gasteiger partial charge < -0.3 is 14.4 Å². The maximum Gasteiger partial charge on any atom is 0.0596 e. The van der Waals surface area contributed by atoms with E-state index in [-0.39, 0.29) is 0 Å². The van der Waals surface area contributed by atoms with Gasteiger partial charge in [0.1, 0.15) is 0 Å². The topological polar surface area (TPSA) is 24.9 Å². The molecule has 0 saturated carbocycles. The first-order chi connectivity index (χ1) is 9.08. The molecule has 1 aliphatic rings. The van der Waals surface area contributed by atoms with Crippen LogP contribution in [0.3, 0.4) is 0 Å². The minimum absolute atomic E-state index is 0.349. The Balaban J connectivity index is 1.99. The normalized spacial score (nSPS) is 18.6. The number of piperazine rings is 1. The van der Waals surface area contributed by atoms with E-state index >= 15 is 0 Å². The smallest absolute Gasteiger partial charge is 0.0596 e. The molecule has 0 aromatic rings. The summed E-state index contributed by atoms with van der Waals surface area (Å²) in [6.45, 7) is 17.1. The molecule has 0 spiro atoms. The van der Waals surface area contributed by atoms with Gasteiger partial charge in [0.05, 0.1) is 18.8 Å². The van der Waals surface area contributed by atoms with Crippen LogP contribution in [0.5, 0.6) is 0 Å². The molecule has 4 heteroatoms. The average Bonchev–Trinajstić information content (AvgIpc) is 2.36. The minimum atomic E-state index is 0.349. The fourth-order valence-corrected chi connectivity index (χ4v) is 2.26. The van der Waals surface area contributed by atoms with E-state index in [4.69, 9.17) is 9.47 Å². The Morgan fingerprint density at radius 1 is 0.737 bits per heavy atom. The van der Waals surface area contributed by atoms with Crippen molar-refractivity contribution >= 4 is 0 Å². The van der Waals surface area contributed by atoms with Gasteiger partial charge in [0.15, 0.2) is 0 Å². The molecule has 114 valence electrons. The third kappa shape index (κ3) is 8.58. The van der Waals surface area contributed by atoms with Gasteiger partial charge in [-0.2, -0.15) is 0 Å². The third-order valence-electron chi connectivity index (χ3n) is 3.39. The van der Waals surface area contributed by atoms with Crippen molar-refractivity contribution in [2.45, 2.75) is 46.3 Å². The van der Waals surface area contributed by atoms with Crippen molar-refractivity contribution in [3.63, 3.8) is 0 Å². The second-order valence-corrected chi connectivity index (χ2v) is 5.88. The number of hydrogen-bond donors (Lipinski definition) is 0. The molecule has 0 atom stereocenters. The second kappa shape index (κ2) is 9.70. The molecule has 19 heavy (non-hydrogen) atoms. The summed E-state index contributed by atoms with van der Waals surface area (Å²) < 4.78 is 11.2.